The molecular formula is C13H12F2O. The largest absolute Gasteiger partial charge is 0.294 e. The highest BCUT2D eigenvalue weighted by Crippen LogP contribution is 2.51. The first-order valence-electron chi connectivity index (χ1n) is 5.65. The van der Waals surface area contributed by atoms with Gasteiger partial charge in [-0.3, -0.25) is 4.79 Å². The van der Waals surface area contributed by atoms with Crippen molar-refractivity contribution in [2.24, 2.45) is 0 Å². The van der Waals surface area contributed by atoms with Gasteiger partial charge in [-0.2, -0.15) is 0 Å². The van der Waals surface area contributed by atoms with Crippen molar-refractivity contribution in [1.29, 1.82) is 0 Å². The van der Waals surface area contributed by atoms with Gasteiger partial charge in [-0.05, 0) is 36.3 Å². The van der Waals surface area contributed by atoms with Gasteiger partial charge in [0.25, 0.3) is 0 Å². The summed E-state index contributed by atoms with van der Waals surface area (Å²) in [6, 6.07) is 2.17. The van der Waals surface area contributed by atoms with E-state index in [0.717, 1.165) is 31.7 Å². The summed E-state index contributed by atoms with van der Waals surface area (Å²) in [6.45, 7) is 0. The highest BCUT2D eigenvalue weighted by atomic mass is 19.1. The van der Waals surface area contributed by atoms with E-state index in [2.05, 4.69) is 0 Å². The molecule has 0 radical (unpaired) electrons. The summed E-state index contributed by atoms with van der Waals surface area (Å²) >= 11 is 0. The second kappa shape index (κ2) is 3.12. The lowest BCUT2D eigenvalue weighted by Gasteiger charge is -2.45. The van der Waals surface area contributed by atoms with Gasteiger partial charge in [0.2, 0.25) is 0 Å². The molecule has 1 spiro atoms. The quantitative estimate of drug-likeness (QED) is 0.657. The van der Waals surface area contributed by atoms with Gasteiger partial charge in [0.15, 0.2) is 5.78 Å². The van der Waals surface area contributed by atoms with Gasteiger partial charge in [0, 0.05) is 12.5 Å². The first-order valence-corrected chi connectivity index (χ1v) is 5.65. The van der Waals surface area contributed by atoms with E-state index in [4.69, 9.17) is 0 Å². The van der Waals surface area contributed by atoms with Gasteiger partial charge < -0.3 is 0 Å². The smallest absolute Gasteiger partial charge is 0.166 e. The molecule has 1 aromatic rings. The Bertz CT molecular complexity index is 475. The van der Waals surface area contributed by atoms with Crippen LogP contribution in [0.3, 0.4) is 0 Å². The number of rotatable bonds is 0. The van der Waals surface area contributed by atoms with E-state index in [1.807, 2.05) is 0 Å². The Balaban J connectivity index is 2.24. The normalized spacial score (nSPS) is 21.8. The fourth-order valence-corrected chi connectivity index (χ4v) is 3.01. The molecule has 1 aromatic carbocycles. The van der Waals surface area contributed by atoms with E-state index in [1.165, 1.54) is 6.07 Å². The van der Waals surface area contributed by atoms with Gasteiger partial charge in [-0.1, -0.05) is 6.42 Å². The SMILES string of the molecule is O=C1CCC2(CCC2)c2cc(F)cc(F)c21. The molecule has 2 aliphatic rings. The molecule has 0 heterocycles. The van der Waals surface area contributed by atoms with E-state index in [0.29, 0.717) is 12.0 Å². The number of benzene rings is 1. The molecule has 0 N–H and O–H groups in total. The van der Waals surface area contributed by atoms with Crippen LogP contribution in [0.25, 0.3) is 0 Å². The van der Waals surface area contributed by atoms with Crippen LogP contribution in [-0.2, 0) is 5.41 Å². The lowest BCUT2D eigenvalue weighted by atomic mass is 9.58. The number of ketones is 1. The molecule has 1 nitrogen and oxygen atoms in total. The maximum Gasteiger partial charge on any atom is 0.166 e. The van der Waals surface area contributed by atoms with Crippen molar-refractivity contribution >= 4 is 5.78 Å². The van der Waals surface area contributed by atoms with Crippen LogP contribution in [0.1, 0.15) is 48.0 Å². The number of Topliss-reactive ketones (excluding diaryl/α,β-unsaturated/α-hetero) is 1. The molecule has 1 fully saturated rings. The minimum absolute atomic E-state index is 0.105. The zero-order valence-corrected chi connectivity index (χ0v) is 8.85. The van der Waals surface area contributed by atoms with Gasteiger partial charge in [0.1, 0.15) is 11.6 Å². The van der Waals surface area contributed by atoms with Crippen LogP contribution in [0.5, 0.6) is 0 Å². The Hall–Kier alpha value is -1.25. The van der Waals surface area contributed by atoms with E-state index in [1.54, 1.807) is 0 Å². The average Bonchev–Trinajstić information content (AvgIpc) is 2.14. The minimum Gasteiger partial charge on any atom is -0.294 e. The first-order chi connectivity index (χ1) is 7.62. The second-order valence-corrected chi connectivity index (χ2v) is 4.87. The van der Waals surface area contributed by atoms with Crippen molar-refractivity contribution in [2.45, 2.75) is 37.5 Å². The average molecular weight is 222 g/mol. The van der Waals surface area contributed by atoms with Gasteiger partial charge >= 0.3 is 0 Å². The predicted molar refractivity (Wildman–Crippen MR) is 55.5 cm³/mol. The molecule has 0 amide bonds. The Labute approximate surface area is 92.5 Å². The van der Waals surface area contributed by atoms with Crippen LogP contribution in [-0.4, -0.2) is 5.78 Å². The molecule has 0 saturated heterocycles. The van der Waals surface area contributed by atoms with Crippen molar-refractivity contribution in [2.75, 3.05) is 0 Å². The van der Waals surface area contributed by atoms with Crippen molar-refractivity contribution in [3.05, 3.63) is 34.9 Å². The second-order valence-electron chi connectivity index (χ2n) is 4.87. The Morgan fingerprint density at radius 2 is 1.88 bits per heavy atom. The molecule has 0 atom stereocenters. The summed E-state index contributed by atoms with van der Waals surface area (Å²) in [6.07, 6.45) is 4.15. The molecule has 1 saturated carbocycles. The number of hydrogen-bond donors (Lipinski definition) is 0. The fraction of sp³-hybridized carbons (Fsp3) is 0.462. The summed E-state index contributed by atoms with van der Waals surface area (Å²) in [4.78, 5) is 11.7. The van der Waals surface area contributed by atoms with Crippen LogP contribution in [0, 0.1) is 11.6 Å². The standard InChI is InChI=1S/C13H12F2O/c14-8-6-9-12(10(15)7-8)11(16)2-5-13(9)3-1-4-13/h6-7H,1-5H2. The molecule has 3 heteroatoms. The Morgan fingerprint density at radius 3 is 2.50 bits per heavy atom. The minimum atomic E-state index is -0.689. The van der Waals surface area contributed by atoms with Crippen LogP contribution in [0.15, 0.2) is 12.1 Å². The fourth-order valence-electron chi connectivity index (χ4n) is 3.01. The number of hydrogen-bond acceptors (Lipinski definition) is 1. The lowest BCUT2D eigenvalue weighted by Crippen LogP contribution is -2.39. The lowest BCUT2D eigenvalue weighted by molar-refractivity contribution is 0.0914. The summed E-state index contributed by atoms with van der Waals surface area (Å²) in [5.41, 5.74) is 0.659. The van der Waals surface area contributed by atoms with Crippen molar-refractivity contribution in [3.8, 4) is 0 Å². The summed E-state index contributed by atoms with van der Waals surface area (Å²) in [7, 11) is 0. The molecule has 0 aliphatic heterocycles. The summed E-state index contributed by atoms with van der Waals surface area (Å²) in [5.74, 6) is -1.44. The van der Waals surface area contributed by atoms with Crippen LogP contribution in [0.2, 0.25) is 0 Å². The number of carbonyl (C=O) groups excluding carboxylic acids is 1. The third-order valence-corrected chi connectivity index (χ3v) is 4.05. The predicted octanol–water partition coefficient (Wildman–Crippen LogP) is 3.36. The number of halogens is 2. The number of carbonyl (C=O) groups is 1. The van der Waals surface area contributed by atoms with Crippen LogP contribution in [0.4, 0.5) is 8.78 Å². The monoisotopic (exact) mass is 222 g/mol. The molecule has 2 aliphatic carbocycles. The third-order valence-electron chi connectivity index (χ3n) is 4.05. The Morgan fingerprint density at radius 1 is 1.12 bits per heavy atom. The topological polar surface area (TPSA) is 17.1 Å². The number of fused-ring (bicyclic) bond motifs is 2. The Kier molecular flexibility index (Phi) is 1.94. The molecule has 0 bridgehead atoms. The maximum absolute atomic E-state index is 13.6. The highest BCUT2D eigenvalue weighted by molar-refractivity contribution is 5.99. The van der Waals surface area contributed by atoms with Crippen molar-refractivity contribution in [1.82, 2.24) is 0 Å². The van der Waals surface area contributed by atoms with Crippen molar-refractivity contribution in [3.63, 3.8) is 0 Å². The van der Waals surface area contributed by atoms with Crippen LogP contribution >= 0.6 is 0 Å². The maximum atomic E-state index is 13.6. The molecule has 84 valence electrons. The zero-order valence-electron chi connectivity index (χ0n) is 8.85. The van der Waals surface area contributed by atoms with E-state index in [-0.39, 0.29) is 16.8 Å². The molecule has 0 aromatic heterocycles. The highest BCUT2D eigenvalue weighted by Gasteiger charge is 2.45. The van der Waals surface area contributed by atoms with Crippen LogP contribution < -0.4 is 0 Å². The molecule has 16 heavy (non-hydrogen) atoms. The van der Waals surface area contributed by atoms with Gasteiger partial charge in [-0.15, -0.1) is 0 Å². The summed E-state index contributed by atoms with van der Waals surface area (Å²) < 4.78 is 26.9. The van der Waals surface area contributed by atoms with Crippen molar-refractivity contribution < 1.29 is 13.6 Å². The van der Waals surface area contributed by atoms with E-state index < -0.39 is 11.6 Å². The van der Waals surface area contributed by atoms with Gasteiger partial charge in [0.05, 0.1) is 5.56 Å². The zero-order chi connectivity index (χ0) is 11.3. The van der Waals surface area contributed by atoms with E-state index in [9.17, 15) is 13.6 Å². The van der Waals surface area contributed by atoms with E-state index >= 15 is 0 Å². The third kappa shape index (κ3) is 1.17. The summed E-state index contributed by atoms with van der Waals surface area (Å²) in [5, 5.41) is 0. The van der Waals surface area contributed by atoms with Gasteiger partial charge in [-0.25, -0.2) is 8.78 Å². The molecule has 3 rings (SSSR count). The molecular weight excluding hydrogens is 210 g/mol. The first kappa shape index (κ1) is 9.94. The molecule has 0 unspecified atom stereocenters.